The van der Waals surface area contributed by atoms with Crippen molar-refractivity contribution in [1.82, 2.24) is 4.31 Å². The molecule has 2 aromatic rings. The van der Waals surface area contributed by atoms with Gasteiger partial charge in [0.05, 0.1) is 10.6 Å². The summed E-state index contributed by atoms with van der Waals surface area (Å²) in [6, 6.07) is 14.4. The molecule has 4 rings (SSSR count). The molecule has 2 aliphatic heterocycles. The number of nitrogens with one attached hydrogen (secondary N) is 1. The van der Waals surface area contributed by atoms with E-state index in [-0.39, 0.29) is 10.8 Å². The van der Waals surface area contributed by atoms with E-state index in [2.05, 4.69) is 5.32 Å². The van der Waals surface area contributed by atoms with Crippen molar-refractivity contribution in [2.45, 2.75) is 18.2 Å². The summed E-state index contributed by atoms with van der Waals surface area (Å²) in [5.41, 5.74) is 3.47. The quantitative estimate of drug-likeness (QED) is 0.914. The number of nitrogens with zero attached hydrogens (tertiary/aromatic N) is 1. The van der Waals surface area contributed by atoms with Gasteiger partial charge in [-0.05, 0) is 31.5 Å². The van der Waals surface area contributed by atoms with Gasteiger partial charge >= 0.3 is 0 Å². The van der Waals surface area contributed by atoms with Crippen LogP contribution in [0.2, 0.25) is 0 Å². The van der Waals surface area contributed by atoms with Gasteiger partial charge in [-0.1, -0.05) is 35.9 Å². The third-order valence-electron chi connectivity index (χ3n) is 4.39. The fraction of sp³-hybridized carbons (Fsp3) is 0.167. The van der Waals surface area contributed by atoms with Gasteiger partial charge in [0.25, 0.3) is 15.9 Å². The minimum Gasteiger partial charge on any atom is -0.322 e. The van der Waals surface area contributed by atoms with E-state index in [1.165, 1.54) is 4.31 Å². The number of carbonyl (C=O) groups excluding carboxylic acids is 1. The normalized spacial score (nSPS) is 17.6. The molecule has 2 aliphatic rings. The molecular weight excluding hydrogens is 324 g/mol. The van der Waals surface area contributed by atoms with Crippen LogP contribution in [0.5, 0.6) is 0 Å². The fourth-order valence-corrected chi connectivity index (χ4v) is 4.91. The molecule has 0 unspecified atom stereocenters. The Morgan fingerprint density at radius 3 is 2.54 bits per heavy atom. The van der Waals surface area contributed by atoms with Crippen molar-refractivity contribution in [3.63, 3.8) is 0 Å². The van der Waals surface area contributed by atoms with Gasteiger partial charge < -0.3 is 5.32 Å². The molecule has 2 aromatic carbocycles. The van der Waals surface area contributed by atoms with E-state index in [4.69, 9.17) is 0 Å². The summed E-state index contributed by atoms with van der Waals surface area (Å²) in [5.74, 6) is -0.247. The molecule has 0 fully saturated rings. The number of fused-ring (bicyclic) bond motifs is 3. The Morgan fingerprint density at radius 1 is 1.08 bits per heavy atom. The van der Waals surface area contributed by atoms with Gasteiger partial charge in [0.15, 0.2) is 0 Å². The van der Waals surface area contributed by atoms with Crippen LogP contribution in [0, 0.1) is 6.92 Å². The Balaban J connectivity index is 1.75. The summed E-state index contributed by atoms with van der Waals surface area (Å²) in [6.07, 6.45) is 0.417. The van der Waals surface area contributed by atoms with Crippen LogP contribution in [-0.2, 0) is 14.8 Å². The number of sulfonamides is 1. The first-order valence-corrected chi connectivity index (χ1v) is 9.16. The number of amides is 1. The van der Waals surface area contributed by atoms with E-state index >= 15 is 0 Å². The monoisotopic (exact) mass is 340 g/mol. The van der Waals surface area contributed by atoms with Crippen LogP contribution in [0.15, 0.2) is 59.0 Å². The van der Waals surface area contributed by atoms with Crippen molar-refractivity contribution in [3.8, 4) is 0 Å². The highest BCUT2D eigenvalue weighted by molar-refractivity contribution is 7.90. The number of hydrogen-bond donors (Lipinski definition) is 1. The highest BCUT2D eigenvalue weighted by Crippen LogP contribution is 2.44. The second kappa shape index (κ2) is 5.21. The zero-order chi connectivity index (χ0) is 16.9. The molecule has 0 saturated carbocycles. The summed E-state index contributed by atoms with van der Waals surface area (Å²) in [6.45, 7) is 2.29. The summed E-state index contributed by atoms with van der Waals surface area (Å²) in [5, 5.41) is 2.86. The molecule has 0 saturated heterocycles. The van der Waals surface area contributed by atoms with Crippen molar-refractivity contribution >= 4 is 27.3 Å². The predicted molar refractivity (Wildman–Crippen MR) is 91.7 cm³/mol. The van der Waals surface area contributed by atoms with Gasteiger partial charge in [0.1, 0.15) is 0 Å². The molecule has 6 heteroatoms. The average Bonchev–Trinajstić information content (AvgIpc) is 3.10. The summed E-state index contributed by atoms with van der Waals surface area (Å²) >= 11 is 0. The third-order valence-corrected chi connectivity index (χ3v) is 6.25. The minimum absolute atomic E-state index is 0.247. The van der Waals surface area contributed by atoms with E-state index in [1.807, 2.05) is 31.2 Å². The minimum atomic E-state index is -3.53. The van der Waals surface area contributed by atoms with E-state index in [1.54, 1.807) is 24.3 Å². The number of carbonyl (C=O) groups is 1. The second-order valence-electron chi connectivity index (χ2n) is 5.97. The summed E-state index contributed by atoms with van der Waals surface area (Å²) in [4.78, 5) is 13.0. The number of aryl methyl sites for hydroxylation is 1. The zero-order valence-electron chi connectivity index (χ0n) is 13.1. The van der Waals surface area contributed by atoms with E-state index in [0.717, 1.165) is 5.56 Å². The summed E-state index contributed by atoms with van der Waals surface area (Å²) < 4.78 is 26.5. The lowest BCUT2D eigenvalue weighted by molar-refractivity contribution is -0.112. The Labute approximate surface area is 140 Å². The molecule has 122 valence electrons. The van der Waals surface area contributed by atoms with Gasteiger partial charge in [0, 0.05) is 23.4 Å². The van der Waals surface area contributed by atoms with Crippen molar-refractivity contribution in [3.05, 3.63) is 65.2 Å². The highest BCUT2D eigenvalue weighted by atomic mass is 32.2. The lowest BCUT2D eigenvalue weighted by atomic mass is 10.1. The lowest BCUT2D eigenvalue weighted by Crippen LogP contribution is -2.21. The van der Waals surface area contributed by atoms with Crippen molar-refractivity contribution < 1.29 is 13.2 Å². The predicted octanol–water partition coefficient (Wildman–Crippen LogP) is 2.75. The number of benzene rings is 2. The van der Waals surface area contributed by atoms with E-state index in [0.29, 0.717) is 35.5 Å². The van der Waals surface area contributed by atoms with E-state index < -0.39 is 10.0 Å². The Morgan fingerprint density at radius 2 is 1.79 bits per heavy atom. The standard InChI is InChI=1S/C18H16N2O3S/c1-12-6-8-13(9-7-12)19-18(21)15-10-11-20-17(15)14-4-2-3-5-16(14)24(20,22)23/h2-9H,10-11H2,1H3,(H,19,21). The topological polar surface area (TPSA) is 66.5 Å². The average molecular weight is 340 g/mol. The van der Waals surface area contributed by atoms with Gasteiger partial charge in [-0.25, -0.2) is 8.42 Å². The van der Waals surface area contributed by atoms with Gasteiger partial charge in [-0.2, -0.15) is 0 Å². The smallest absolute Gasteiger partial charge is 0.265 e. The molecule has 0 bridgehead atoms. The van der Waals surface area contributed by atoms with Crippen LogP contribution in [0.3, 0.4) is 0 Å². The SMILES string of the molecule is Cc1ccc(NC(=O)C2=C3c4ccccc4S(=O)(=O)N3CC2)cc1. The van der Waals surface area contributed by atoms with Crippen molar-refractivity contribution in [1.29, 1.82) is 0 Å². The van der Waals surface area contributed by atoms with Crippen molar-refractivity contribution in [2.24, 2.45) is 0 Å². The van der Waals surface area contributed by atoms with Gasteiger partial charge in [-0.3, -0.25) is 9.10 Å². The lowest BCUT2D eigenvalue weighted by Gasteiger charge is -2.12. The summed E-state index contributed by atoms with van der Waals surface area (Å²) in [7, 11) is -3.53. The first kappa shape index (κ1) is 15.0. The maximum absolute atomic E-state index is 12.7. The molecule has 1 amide bonds. The highest BCUT2D eigenvalue weighted by Gasteiger charge is 2.43. The Bertz CT molecular complexity index is 976. The Hall–Kier alpha value is -2.60. The molecule has 24 heavy (non-hydrogen) atoms. The van der Waals surface area contributed by atoms with Crippen molar-refractivity contribution in [2.75, 3.05) is 11.9 Å². The number of rotatable bonds is 2. The first-order chi connectivity index (χ1) is 11.5. The third kappa shape index (κ3) is 2.14. The zero-order valence-corrected chi connectivity index (χ0v) is 13.9. The molecule has 0 aliphatic carbocycles. The van der Waals surface area contributed by atoms with Crippen LogP contribution in [0.4, 0.5) is 5.69 Å². The molecule has 0 atom stereocenters. The van der Waals surface area contributed by atoms with Crippen LogP contribution in [0.1, 0.15) is 17.5 Å². The van der Waals surface area contributed by atoms with E-state index in [9.17, 15) is 13.2 Å². The number of anilines is 1. The Kier molecular flexibility index (Phi) is 3.25. The molecule has 0 aromatic heterocycles. The molecular formula is C18H16N2O3S. The van der Waals surface area contributed by atoms with Gasteiger partial charge in [0.2, 0.25) is 0 Å². The van der Waals surface area contributed by atoms with Crippen LogP contribution >= 0.6 is 0 Å². The first-order valence-electron chi connectivity index (χ1n) is 7.72. The van der Waals surface area contributed by atoms with Crippen LogP contribution in [-0.4, -0.2) is 25.2 Å². The largest absolute Gasteiger partial charge is 0.322 e. The molecule has 5 nitrogen and oxygen atoms in total. The maximum atomic E-state index is 12.7. The molecule has 2 heterocycles. The molecule has 1 N–H and O–H groups in total. The van der Waals surface area contributed by atoms with Gasteiger partial charge in [-0.15, -0.1) is 0 Å². The maximum Gasteiger partial charge on any atom is 0.265 e. The fourth-order valence-electron chi connectivity index (χ4n) is 3.20. The van der Waals surface area contributed by atoms with Crippen LogP contribution in [0.25, 0.3) is 5.70 Å². The molecule has 0 radical (unpaired) electrons. The van der Waals surface area contributed by atoms with Crippen LogP contribution < -0.4 is 5.32 Å². The molecule has 0 spiro atoms. The number of hydrogen-bond acceptors (Lipinski definition) is 3. The second-order valence-corrected chi connectivity index (χ2v) is 7.80.